The fourth-order valence-electron chi connectivity index (χ4n) is 3.22. The van der Waals surface area contributed by atoms with Crippen LogP contribution in [-0.2, 0) is 16.0 Å². The summed E-state index contributed by atoms with van der Waals surface area (Å²) in [6.45, 7) is 7.41. The van der Waals surface area contributed by atoms with E-state index in [0.29, 0.717) is 32.6 Å². The Kier molecular flexibility index (Phi) is 4.86. The van der Waals surface area contributed by atoms with Crippen LogP contribution in [0.3, 0.4) is 0 Å². The highest BCUT2D eigenvalue weighted by molar-refractivity contribution is 7.10. The largest absolute Gasteiger partial charge is 0.444 e. The quantitative estimate of drug-likeness (QED) is 0.809. The van der Waals surface area contributed by atoms with E-state index in [1.807, 2.05) is 32.2 Å². The van der Waals surface area contributed by atoms with Crippen molar-refractivity contribution >= 4 is 29.1 Å². The average molecular weight is 364 g/mol. The molecule has 2 amide bonds. The summed E-state index contributed by atoms with van der Waals surface area (Å²) in [6.07, 6.45) is 0.595. The molecule has 0 saturated carbocycles. The van der Waals surface area contributed by atoms with Gasteiger partial charge in [-0.05, 0) is 38.6 Å². The molecule has 0 bridgehead atoms. The van der Waals surface area contributed by atoms with E-state index in [1.54, 1.807) is 21.1 Å². The maximum Gasteiger partial charge on any atom is 0.410 e. The summed E-state index contributed by atoms with van der Waals surface area (Å²) in [5.41, 5.74) is 0.268. The Hall–Kier alpha value is -1.89. The van der Waals surface area contributed by atoms with Gasteiger partial charge in [-0.3, -0.25) is 9.59 Å². The van der Waals surface area contributed by atoms with Crippen LogP contribution in [0.25, 0.3) is 0 Å². The monoisotopic (exact) mass is 364 g/mol. The van der Waals surface area contributed by atoms with E-state index in [1.165, 1.54) is 0 Å². The summed E-state index contributed by atoms with van der Waals surface area (Å²) in [7, 11) is 0. The van der Waals surface area contributed by atoms with Gasteiger partial charge >= 0.3 is 6.09 Å². The molecule has 1 aromatic rings. The number of amides is 2. The summed E-state index contributed by atoms with van der Waals surface area (Å²) in [5, 5.41) is 1.93. The zero-order chi connectivity index (χ0) is 18.2. The first kappa shape index (κ1) is 17.9. The number of hydrogen-bond acceptors (Lipinski definition) is 5. The van der Waals surface area contributed by atoms with Gasteiger partial charge in [-0.1, -0.05) is 0 Å². The summed E-state index contributed by atoms with van der Waals surface area (Å²) in [5.74, 6) is -0.131. The Balaban J connectivity index is 1.48. The van der Waals surface area contributed by atoms with Crippen LogP contribution in [0.5, 0.6) is 0 Å². The molecule has 2 heterocycles. The van der Waals surface area contributed by atoms with Crippen LogP contribution in [0.4, 0.5) is 4.79 Å². The van der Waals surface area contributed by atoms with Crippen LogP contribution in [0.2, 0.25) is 0 Å². The lowest BCUT2D eigenvalue weighted by Gasteiger charge is -2.36. The van der Waals surface area contributed by atoms with E-state index in [4.69, 9.17) is 4.74 Å². The Morgan fingerprint density at radius 1 is 1.20 bits per heavy atom. The third-order valence-electron chi connectivity index (χ3n) is 4.52. The molecular weight excluding hydrogens is 340 g/mol. The van der Waals surface area contributed by atoms with E-state index in [9.17, 15) is 14.4 Å². The van der Waals surface area contributed by atoms with Crippen molar-refractivity contribution in [2.75, 3.05) is 26.2 Å². The van der Waals surface area contributed by atoms with Crippen molar-refractivity contribution in [1.82, 2.24) is 9.80 Å². The molecule has 2 aliphatic rings. The zero-order valence-electron chi connectivity index (χ0n) is 14.9. The van der Waals surface area contributed by atoms with Crippen LogP contribution in [-0.4, -0.2) is 59.4 Å². The second kappa shape index (κ2) is 6.78. The number of ether oxygens (including phenoxy) is 1. The molecule has 6 nitrogen and oxygen atoms in total. The summed E-state index contributed by atoms with van der Waals surface area (Å²) in [4.78, 5) is 41.4. The Bertz CT molecular complexity index is 683. The maximum absolute atomic E-state index is 12.5. The highest BCUT2D eigenvalue weighted by atomic mass is 32.1. The SMILES string of the molecule is CC(C)(C)OC(=O)N1CCN(C(=O)CC2Cc3sccc3C2=O)CC1. The molecule has 1 aliphatic carbocycles. The van der Waals surface area contributed by atoms with E-state index in [2.05, 4.69) is 0 Å². The molecule has 1 unspecified atom stereocenters. The van der Waals surface area contributed by atoms with Crippen LogP contribution >= 0.6 is 11.3 Å². The molecule has 1 saturated heterocycles. The lowest BCUT2D eigenvalue weighted by molar-refractivity contribution is -0.133. The van der Waals surface area contributed by atoms with Crippen LogP contribution in [0, 0.1) is 5.92 Å². The molecule has 0 aromatic carbocycles. The average Bonchev–Trinajstić information content (AvgIpc) is 3.10. The molecule has 3 rings (SSSR count). The van der Waals surface area contributed by atoms with Gasteiger partial charge in [-0.25, -0.2) is 4.79 Å². The van der Waals surface area contributed by atoms with E-state index >= 15 is 0 Å². The number of carbonyl (C=O) groups excluding carboxylic acids is 3. The molecule has 1 atom stereocenters. The predicted octanol–water partition coefficient (Wildman–Crippen LogP) is 2.57. The highest BCUT2D eigenvalue weighted by Crippen LogP contribution is 2.33. The Morgan fingerprint density at radius 2 is 1.84 bits per heavy atom. The first-order chi connectivity index (χ1) is 11.7. The number of nitrogens with zero attached hydrogens (tertiary/aromatic N) is 2. The van der Waals surface area contributed by atoms with Gasteiger partial charge in [-0.15, -0.1) is 11.3 Å². The van der Waals surface area contributed by atoms with Crippen LogP contribution < -0.4 is 0 Å². The molecule has 25 heavy (non-hydrogen) atoms. The van der Waals surface area contributed by atoms with Crippen LogP contribution in [0.1, 0.15) is 42.4 Å². The first-order valence-electron chi connectivity index (χ1n) is 8.61. The number of fused-ring (bicyclic) bond motifs is 1. The van der Waals surface area contributed by atoms with E-state index < -0.39 is 5.60 Å². The number of Topliss-reactive ketones (excluding diaryl/α,β-unsaturated/α-hetero) is 1. The lowest BCUT2D eigenvalue weighted by atomic mass is 10.00. The fraction of sp³-hybridized carbons (Fsp3) is 0.611. The molecule has 1 aliphatic heterocycles. The second-order valence-corrected chi connectivity index (χ2v) is 8.58. The topological polar surface area (TPSA) is 66.9 Å². The number of carbonyl (C=O) groups is 3. The van der Waals surface area contributed by atoms with Crippen molar-refractivity contribution < 1.29 is 19.1 Å². The first-order valence-corrected chi connectivity index (χ1v) is 9.49. The van der Waals surface area contributed by atoms with Crippen molar-refractivity contribution in [3.63, 3.8) is 0 Å². The molecule has 0 N–H and O–H groups in total. The minimum absolute atomic E-state index is 0.00246. The Morgan fingerprint density at radius 3 is 2.44 bits per heavy atom. The number of piperazine rings is 1. The molecule has 1 fully saturated rings. The van der Waals surface area contributed by atoms with Gasteiger partial charge in [0.25, 0.3) is 0 Å². The van der Waals surface area contributed by atoms with Gasteiger partial charge in [0.15, 0.2) is 5.78 Å². The third-order valence-corrected chi connectivity index (χ3v) is 5.46. The number of hydrogen-bond donors (Lipinski definition) is 0. The smallest absolute Gasteiger partial charge is 0.410 e. The lowest BCUT2D eigenvalue weighted by Crippen LogP contribution is -2.52. The van der Waals surface area contributed by atoms with Crippen molar-refractivity contribution in [3.05, 3.63) is 21.9 Å². The van der Waals surface area contributed by atoms with Gasteiger partial charge in [0, 0.05) is 49.0 Å². The molecule has 1 aromatic heterocycles. The minimum atomic E-state index is -0.521. The van der Waals surface area contributed by atoms with Crippen molar-refractivity contribution in [1.29, 1.82) is 0 Å². The highest BCUT2D eigenvalue weighted by Gasteiger charge is 2.35. The molecule has 136 valence electrons. The number of ketones is 1. The van der Waals surface area contributed by atoms with Crippen molar-refractivity contribution in [2.24, 2.45) is 5.92 Å². The van der Waals surface area contributed by atoms with Crippen LogP contribution in [0.15, 0.2) is 11.4 Å². The standard InChI is InChI=1S/C18H24N2O4S/c1-18(2,3)24-17(23)20-7-5-19(6-8-20)15(21)11-12-10-14-13(16(12)22)4-9-25-14/h4,9,12H,5-8,10-11H2,1-3H3. The fourth-order valence-corrected chi connectivity index (χ4v) is 4.19. The normalized spacial score (nSPS) is 20.6. The zero-order valence-corrected chi connectivity index (χ0v) is 15.7. The number of rotatable bonds is 2. The summed E-state index contributed by atoms with van der Waals surface area (Å²) >= 11 is 1.59. The van der Waals surface area contributed by atoms with E-state index in [-0.39, 0.29) is 30.1 Å². The molecule has 0 radical (unpaired) electrons. The van der Waals surface area contributed by atoms with Gasteiger partial charge in [0.05, 0.1) is 0 Å². The van der Waals surface area contributed by atoms with Gasteiger partial charge in [0.1, 0.15) is 5.60 Å². The molecule has 0 spiro atoms. The molecule has 7 heteroatoms. The van der Waals surface area contributed by atoms with Gasteiger partial charge in [-0.2, -0.15) is 0 Å². The minimum Gasteiger partial charge on any atom is -0.444 e. The van der Waals surface area contributed by atoms with Gasteiger partial charge in [0.2, 0.25) is 5.91 Å². The molecular formula is C18H24N2O4S. The summed E-state index contributed by atoms with van der Waals surface area (Å²) < 4.78 is 5.36. The Labute approximate surface area is 151 Å². The third kappa shape index (κ3) is 4.03. The van der Waals surface area contributed by atoms with Crippen molar-refractivity contribution in [2.45, 2.75) is 39.2 Å². The van der Waals surface area contributed by atoms with Gasteiger partial charge < -0.3 is 14.5 Å². The van der Waals surface area contributed by atoms with Crippen molar-refractivity contribution in [3.8, 4) is 0 Å². The summed E-state index contributed by atoms with van der Waals surface area (Å²) in [6, 6.07) is 1.85. The number of thiophene rings is 1. The predicted molar refractivity (Wildman–Crippen MR) is 94.8 cm³/mol. The second-order valence-electron chi connectivity index (χ2n) is 7.58. The maximum atomic E-state index is 12.5. The van der Waals surface area contributed by atoms with E-state index in [0.717, 1.165) is 10.4 Å².